The topological polar surface area (TPSA) is 49.8 Å². The number of benzene rings is 1. The second-order valence-corrected chi connectivity index (χ2v) is 3.46. The van der Waals surface area contributed by atoms with Crippen LogP contribution in [0.5, 0.6) is 5.75 Å². The first kappa shape index (κ1) is 9.98. The molecule has 1 aliphatic heterocycles. The molecule has 1 aliphatic rings. The predicted octanol–water partition coefficient (Wildman–Crippen LogP) is 0.924. The molecule has 0 fully saturated rings. The average molecular weight is 207 g/mol. The first-order chi connectivity index (χ1) is 7.26. The van der Waals surface area contributed by atoms with Gasteiger partial charge in [-0.3, -0.25) is 9.69 Å². The fourth-order valence-corrected chi connectivity index (χ4v) is 1.80. The van der Waals surface area contributed by atoms with Gasteiger partial charge in [-0.2, -0.15) is 0 Å². The Kier molecular flexibility index (Phi) is 2.60. The molecule has 4 nitrogen and oxygen atoms in total. The maximum absolute atomic E-state index is 11.5. The number of hydrogen-bond acceptors (Lipinski definition) is 3. The summed E-state index contributed by atoms with van der Waals surface area (Å²) in [4.78, 5) is 12.9. The standard InChI is InChI=1S/C11H13NO3/c1-15-9-4-2-8-3-5-11(14)12(7-13)10(8)6-9/h2,4,6,13H,3,5,7H2,1H3. The molecule has 1 aromatic rings. The Labute approximate surface area is 88.1 Å². The van der Waals surface area contributed by atoms with Gasteiger partial charge in [-0.25, -0.2) is 0 Å². The summed E-state index contributed by atoms with van der Waals surface area (Å²) >= 11 is 0. The number of aliphatic hydroxyl groups is 1. The molecular weight excluding hydrogens is 194 g/mol. The first-order valence-electron chi connectivity index (χ1n) is 4.84. The predicted molar refractivity (Wildman–Crippen MR) is 55.9 cm³/mol. The molecule has 0 spiro atoms. The fourth-order valence-electron chi connectivity index (χ4n) is 1.80. The molecule has 0 bridgehead atoms. The molecule has 1 N–H and O–H groups in total. The van der Waals surface area contributed by atoms with E-state index >= 15 is 0 Å². The first-order valence-corrected chi connectivity index (χ1v) is 4.84. The second-order valence-electron chi connectivity index (χ2n) is 3.46. The van der Waals surface area contributed by atoms with E-state index in [4.69, 9.17) is 9.84 Å². The Morgan fingerprint density at radius 2 is 2.27 bits per heavy atom. The maximum atomic E-state index is 11.5. The van der Waals surface area contributed by atoms with E-state index in [1.54, 1.807) is 13.2 Å². The van der Waals surface area contributed by atoms with E-state index in [1.165, 1.54) is 4.90 Å². The van der Waals surface area contributed by atoms with Crippen LogP contribution in [0.2, 0.25) is 0 Å². The highest BCUT2D eigenvalue weighted by Gasteiger charge is 2.23. The van der Waals surface area contributed by atoms with Crippen molar-refractivity contribution in [3.8, 4) is 5.75 Å². The number of carbonyl (C=O) groups is 1. The highest BCUT2D eigenvalue weighted by Crippen LogP contribution is 2.30. The number of nitrogens with zero attached hydrogens (tertiary/aromatic N) is 1. The van der Waals surface area contributed by atoms with Gasteiger partial charge in [-0.1, -0.05) is 6.07 Å². The number of ether oxygens (including phenoxy) is 1. The zero-order chi connectivity index (χ0) is 10.8. The third-order valence-corrected chi connectivity index (χ3v) is 2.63. The summed E-state index contributed by atoms with van der Waals surface area (Å²) in [6, 6.07) is 5.58. The number of aliphatic hydroxyl groups excluding tert-OH is 1. The fraction of sp³-hybridized carbons (Fsp3) is 0.364. The van der Waals surface area contributed by atoms with Crippen molar-refractivity contribution >= 4 is 11.6 Å². The number of amides is 1. The minimum absolute atomic E-state index is 0.0433. The van der Waals surface area contributed by atoms with Crippen LogP contribution >= 0.6 is 0 Å². The summed E-state index contributed by atoms with van der Waals surface area (Å²) in [5.41, 5.74) is 1.83. The summed E-state index contributed by atoms with van der Waals surface area (Å²) in [5, 5.41) is 9.14. The lowest BCUT2D eigenvalue weighted by Crippen LogP contribution is -2.35. The van der Waals surface area contributed by atoms with Crippen LogP contribution in [0.15, 0.2) is 18.2 Å². The summed E-state index contributed by atoms with van der Waals surface area (Å²) in [6.07, 6.45) is 1.19. The average Bonchev–Trinajstić information content (AvgIpc) is 2.28. The van der Waals surface area contributed by atoms with E-state index < -0.39 is 0 Å². The zero-order valence-electron chi connectivity index (χ0n) is 8.56. The van der Waals surface area contributed by atoms with Crippen molar-refractivity contribution in [1.82, 2.24) is 0 Å². The Morgan fingerprint density at radius 3 is 2.93 bits per heavy atom. The third kappa shape index (κ3) is 1.68. The van der Waals surface area contributed by atoms with Crippen LogP contribution < -0.4 is 9.64 Å². The van der Waals surface area contributed by atoms with E-state index in [0.717, 1.165) is 17.7 Å². The summed E-state index contributed by atoms with van der Waals surface area (Å²) < 4.78 is 5.09. The molecule has 15 heavy (non-hydrogen) atoms. The van der Waals surface area contributed by atoms with Crippen LogP contribution in [0.25, 0.3) is 0 Å². The van der Waals surface area contributed by atoms with Crippen LogP contribution in [0.4, 0.5) is 5.69 Å². The minimum atomic E-state index is -0.279. The molecule has 2 rings (SSSR count). The van der Waals surface area contributed by atoms with E-state index in [-0.39, 0.29) is 12.6 Å². The Morgan fingerprint density at radius 1 is 1.47 bits per heavy atom. The van der Waals surface area contributed by atoms with E-state index in [9.17, 15) is 4.79 Å². The number of aryl methyl sites for hydroxylation is 1. The van der Waals surface area contributed by atoms with Gasteiger partial charge in [0.05, 0.1) is 12.8 Å². The van der Waals surface area contributed by atoms with Gasteiger partial charge in [0.15, 0.2) is 0 Å². The summed E-state index contributed by atoms with van der Waals surface area (Å²) in [5.74, 6) is 0.653. The lowest BCUT2D eigenvalue weighted by Gasteiger charge is -2.27. The van der Waals surface area contributed by atoms with Crippen molar-refractivity contribution in [2.75, 3.05) is 18.7 Å². The van der Waals surface area contributed by atoms with Gasteiger partial charge in [-0.05, 0) is 18.1 Å². The van der Waals surface area contributed by atoms with Gasteiger partial charge < -0.3 is 9.84 Å². The van der Waals surface area contributed by atoms with Crippen LogP contribution in [-0.4, -0.2) is 24.9 Å². The zero-order valence-corrected chi connectivity index (χ0v) is 8.56. The molecule has 4 heteroatoms. The molecule has 0 radical (unpaired) electrons. The number of hydrogen-bond donors (Lipinski definition) is 1. The van der Waals surface area contributed by atoms with Crippen LogP contribution in [-0.2, 0) is 11.2 Å². The van der Waals surface area contributed by atoms with Crippen LogP contribution in [0.1, 0.15) is 12.0 Å². The molecule has 0 aromatic heterocycles. The van der Waals surface area contributed by atoms with Crippen LogP contribution in [0, 0.1) is 0 Å². The van der Waals surface area contributed by atoms with Gasteiger partial charge in [0, 0.05) is 12.5 Å². The van der Waals surface area contributed by atoms with Crippen LogP contribution in [0.3, 0.4) is 0 Å². The lowest BCUT2D eigenvalue weighted by molar-refractivity contribution is -0.119. The number of anilines is 1. The molecule has 0 aliphatic carbocycles. The van der Waals surface area contributed by atoms with Gasteiger partial charge in [0.25, 0.3) is 0 Å². The van der Waals surface area contributed by atoms with E-state index in [0.29, 0.717) is 12.2 Å². The van der Waals surface area contributed by atoms with E-state index in [2.05, 4.69) is 0 Å². The monoisotopic (exact) mass is 207 g/mol. The van der Waals surface area contributed by atoms with Crippen molar-refractivity contribution < 1.29 is 14.6 Å². The largest absolute Gasteiger partial charge is 0.497 e. The highest BCUT2D eigenvalue weighted by molar-refractivity contribution is 5.96. The number of rotatable bonds is 2. The maximum Gasteiger partial charge on any atom is 0.229 e. The molecule has 1 amide bonds. The minimum Gasteiger partial charge on any atom is -0.497 e. The number of methoxy groups -OCH3 is 1. The van der Waals surface area contributed by atoms with Gasteiger partial charge in [0.1, 0.15) is 12.5 Å². The second kappa shape index (κ2) is 3.90. The van der Waals surface area contributed by atoms with Crippen molar-refractivity contribution in [3.05, 3.63) is 23.8 Å². The highest BCUT2D eigenvalue weighted by atomic mass is 16.5. The van der Waals surface area contributed by atoms with Gasteiger partial charge >= 0.3 is 0 Å². The Balaban J connectivity index is 2.45. The van der Waals surface area contributed by atoms with Crippen molar-refractivity contribution in [1.29, 1.82) is 0 Å². The normalized spacial score (nSPS) is 15.1. The number of carbonyl (C=O) groups excluding carboxylic acids is 1. The molecule has 0 saturated heterocycles. The molecule has 0 unspecified atom stereocenters. The SMILES string of the molecule is COc1ccc2c(c1)N(CO)C(=O)CC2. The Bertz CT molecular complexity index is 389. The lowest BCUT2D eigenvalue weighted by atomic mass is 10.0. The van der Waals surface area contributed by atoms with Gasteiger partial charge in [-0.15, -0.1) is 0 Å². The molecule has 0 saturated carbocycles. The van der Waals surface area contributed by atoms with Crippen molar-refractivity contribution in [2.45, 2.75) is 12.8 Å². The van der Waals surface area contributed by atoms with Crippen molar-refractivity contribution in [2.24, 2.45) is 0 Å². The third-order valence-electron chi connectivity index (χ3n) is 2.63. The van der Waals surface area contributed by atoms with E-state index in [1.807, 2.05) is 12.1 Å². The molecule has 1 heterocycles. The quantitative estimate of drug-likeness (QED) is 0.784. The van der Waals surface area contributed by atoms with Gasteiger partial charge in [0.2, 0.25) is 5.91 Å². The summed E-state index contributed by atoms with van der Waals surface area (Å²) in [6.45, 7) is -0.279. The molecular formula is C11H13NO3. The Hall–Kier alpha value is -1.55. The molecule has 1 aromatic carbocycles. The van der Waals surface area contributed by atoms with Crippen molar-refractivity contribution in [3.63, 3.8) is 0 Å². The number of fused-ring (bicyclic) bond motifs is 1. The smallest absolute Gasteiger partial charge is 0.229 e. The summed E-state index contributed by atoms with van der Waals surface area (Å²) in [7, 11) is 1.58. The molecule has 0 atom stereocenters. The molecule has 80 valence electrons.